The van der Waals surface area contributed by atoms with Gasteiger partial charge in [-0.25, -0.2) is 0 Å². The maximum absolute atomic E-state index is 5.48. The molecule has 0 atom stereocenters. The molecular formula is C10H16N2O2. The Morgan fingerprint density at radius 1 is 1.64 bits per heavy atom. The highest BCUT2D eigenvalue weighted by Gasteiger charge is 2.30. The second-order valence-electron chi connectivity index (χ2n) is 3.84. The largest absolute Gasteiger partial charge is 0.378 e. The standard InChI is InChI=1S/C10H16N2O2/c1-2-13-9-4-7(5-9)3-8-6-10(11)14-12-8/h6-7,9H,2-5,11H2,1H3. The van der Waals surface area contributed by atoms with Gasteiger partial charge in [-0.2, -0.15) is 0 Å². The molecule has 1 heterocycles. The highest BCUT2D eigenvalue weighted by molar-refractivity contribution is 5.24. The summed E-state index contributed by atoms with van der Waals surface area (Å²) in [7, 11) is 0. The fourth-order valence-corrected chi connectivity index (χ4v) is 1.93. The van der Waals surface area contributed by atoms with E-state index in [1.54, 1.807) is 6.07 Å². The smallest absolute Gasteiger partial charge is 0.222 e. The number of hydrogen-bond donors (Lipinski definition) is 1. The first kappa shape index (κ1) is 9.52. The van der Waals surface area contributed by atoms with Crippen LogP contribution in [0.15, 0.2) is 10.6 Å². The predicted octanol–water partition coefficient (Wildman–Crippen LogP) is 1.61. The summed E-state index contributed by atoms with van der Waals surface area (Å²) in [6, 6.07) is 1.80. The van der Waals surface area contributed by atoms with E-state index >= 15 is 0 Å². The first-order chi connectivity index (χ1) is 6.78. The Labute approximate surface area is 83.4 Å². The minimum absolute atomic E-state index is 0.403. The Morgan fingerprint density at radius 2 is 2.43 bits per heavy atom. The summed E-state index contributed by atoms with van der Waals surface area (Å²) >= 11 is 0. The van der Waals surface area contributed by atoms with Crippen molar-refractivity contribution in [1.82, 2.24) is 5.16 Å². The maximum atomic E-state index is 5.48. The van der Waals surface area contributed by atoms with Crippen LogP contribution in [0.5, 0.6) is 0 Å². The normalized spacial score (nSPS) is 26.1. The third-order valence-corrected chi connectivity index (χ3v) is 2.67. The molecule has 1 aromatic heterocycles. The highest BCUT2D eigenvalue weighted by atomic mass is 16.5. The van der Waals surface area contributed by atoms with Crippen LogP contribution >= 0.6 is 0 Å². The number of ether oxygens (including phenoxy) is 1. The van der Waals surface area contributed by atoms with Gasteiger partial charge in [0.25, 0.3) is 0 Å². The summed E-state index contributed by atoms with van der Waals surface area (Å²) in [4.78, 5) is 0. The molecule has 78 valence electrons. The van der Waals surface area contributed by atoms with Crippen LogP contribution in [0, 0.1) is 5.92 Å². The number of rotatable bonds is 4. The molecule has 0 unspecified atom stereocenters. The van der Waals surface area contributed by atoms with Crippen LogP contribution in [0.25, 0.3) is 0 Å². The fourth-order valence-electron chi connectivity index (χ4n) is 1.93. The highest BCUT2D eigenvalue weighted by Crippen LogP contribution is 2.32. The molecule has 0 radical (unpaired) electrons. The van der Waals surface area contributed by atoms with Gasteiger partial charge < -0.3 is 15.0 Å². The predicted molar refractivity (Wildman–Crippen MR) is 52.8 cm³/mol. The van der Waals surface area contributed by atoms with E-state index in [0.717, 1.165) is 31.6 Å². The Hall–Kier alpha value is -1.03. The van der Waals surface area contributed by atoms with Gasteiger partial charge in [-0.15, -0.1) is 0 Å². The number of aromatic nitrogens is 1. The van der Waals surface area contributed by atoms with Crippen LogP contribution < -0.4 is 5.73 Å². The van der Waals surface area contributed by atoms with E-state index in [4.69, 9.17) is 15.0 Å². The average Bonchev–Trinajstić information content (AvgIpc) is 2.48. The summed E-state index contributed by atoms with van der Waals surface area (Å²) in [5, 5.41) is 3.87. The average molecular weight is 196 g/mol. The minimum atomic E-state index is 0.403. The van der Waals surface area contributed by atoms with Gasteiger partial charge in [-0.1, -0.05) is 5.16 Å². The van der Waals surface area contributed by atoms with Gasteiger partial charge in [0.1, 0.15) is 0 Å². The number of nitrogens with two attached hydrogens (primary N) is 1. The molecule has 4 nitrogen and oxygen atoms in total. The topological polar surface area (TPSA) is 61.3 Å². The van der Waals surface area contributed by atoms with Crippen molar-refractivity contribution in [2.75, 3.05) is 12.3 Å². The van der Waals surface area contributed by atoms with Crippen molar-refractivity contribution in [3.63, 3.8) is 0 Å². The van der Waals surface area contributed by atoms with Crippen molar-refractivity contribution in [2.24, 2.45) is 5.92 Å². The Morgan fingerprint density at radius 3 is 3.00 bits per heavy atom. The monoisotopic (exact) mass is 196 g/mol. The molecule has 1 saturated carbocycles. The van der Waals surface area contributed by atoms with Gasteiger partial charge in [-0.3, -0.25) is 0 Å². The molecule has 0 spiro atoms. The summed E-state index contributed by atoms with van der Waals surface area (Å²) < 4.78 is 10.3. The van der Waals surface area contributed by atoms with Gasteiger partial charge in [0.2, 0.25) is 5.88 Å². The lowest BCUT2D eigenvalue weighted by Gasteiger charge is -2.34. The number of nitrogen functional groups attached to an aromatic ring is 1. The Balaban J connectivity index is 1.74. The van der Waals surface area contributed by atoms with Crippen molar-refractivity contribution in [3.8, 4) is 0 Å². The lowest BCUT2D eigenvalue weighted by Crippen LogP contribution is -2.32. The molecule has 0 saturated heterocycles. The molecule has 0 aromatic carbocycles. The van der Waals surface area contributed by atoms with Crippen LogP contribution in [0.3, 0.4) is 0 Å². The molecular weight excluding hydrogens is 180 g/mol. The van der Waals surface area contributed by atoms with Crippen molar-refractivity contribution in [2.45, 2.75) is 32.3 Å². The van der Waals surface area contributed by atoms with Crippen LogP contribution in [0.2, 0.25) is 0 Å². The lowest BCUT2D eigenvalue weighted by molar-refractivity contribution is -0.0244. The third-order valence-electron chi connectivity index (χ3n) is 2.67. The molecule has 0 amide bonds. The van der Waals surface area contributed by atoms with E-state index in [2.05, 4.69) is 5.16 Å². The minimum Gasteiger partial charge on any atom is -0.378 e. The van der Waals surface area contributed by atoms with Gasteiger partial charge >= 0.3 is 0 Å². The van der Waals surface area contributed by atoms with Crippen molar-refractivity contribution >= 4 is 5.88 Å². The molecule has 14 heavy (non-hydrogen) atoms. The van der Waals surface area contributed by atoms with E-state index < -0.39 is 0 Å². The molecule has 0 aliphatic heterocycles. The Bertz CT molecular complexity index is 292. The molecule has 0 bridgehead atoms. The third kappa shape index (κ3) is 2.07. The Kier molecular flexibility index (Phi) is 2.72. The summed E-state index contributed by atoms with van der Waals surface area (Å²) in [6.45, 7) is 2.85. The number of hydrogen-bond acceptors (Lipinski definition) is 4. The molecule has 1 aliphatic rings. The second-order valence-corrected chi connectivity index (χ2v) is 3.84. The van der Waals surface area contributed by atoms with Crippen LogP contribution in [-0.4, -0.2) is 17.9 Å². The number of anilines is 1. The van der Waals surface area contributed by atoms with Crippen LogP contribution in [0.4, 0.5) is 5.88 Å². The lowest BCUT2D eigenvalue weighted by atomic mass is 9.79. The first-order valence-corrected chi connectivity index (χ1v) is 5.10. The fraction of sp³-hybridized carbons (Fsp3) is 0.700. The zero-order valence-electron chi connectivity index (χ0n) is 8.40. The van der Waals surface area contributed by atoms with Gasteiger partial charge in [-0.05, 0) is 32.1 Å². The molecule has 4 heteroatoms. The van der Waals surface area contributed by atoms with Gasteiger partial charge in [0.05, 0.1) is 11.8 Å². The second kappa shape index (κ2) is 4.00. The molecule has 2 N–H and O–H groups in total. The van der Waals surface area contributed by atoms with Crippen molar-refractivity contribution < 1.29 is 9.26 Å². The zero-order chi connectivity index (χ0) is 9.97. The van der Waals surface area contributed by atoms with E-state index in [1.165, 1.54) is 0 Å². The summed E-state index contributed by atoms with van der Waals surface area (Å²) in [5.41, 5.74) is 6.40. The molecule has 2 rings (SSSR count). The van der Waals surface area contributed by atoms with Crippen LogP contribution in [-0.2, 0) is 11.2 Å². The van der Waals surface area contributed by atoms with Crippen LogP contribution in [0.1, 0.15) is 25.5 Å². The van der Waals surface area contributed by atoms with Gasteiger partial charge in [0, 0.05) is 12.7 Å². The van der Waals surface area contributed by atoms with E-state index in [0.29, 0.717) is 17.9 Å². The molecule has 1 aromatic rings. The summed E-state index contributed by atoms with van der Waals surface area (Å²) in [5.74, 6) is 1.09. The zero-order valence-corrected chi connectivity index (χ0v) is 8.40. The van der Waals surface area contributed by atoms with E-state index in [-0.39, 0.29) is 0 Å². The quantitative estimate of drug-likeness (QED) is 0.794. The maximum Gasteiger partial charge on any atom is 0.222 e. The molecule has 1 fully saturated rings. The molecule has 1 aliphatic carbocycles. The van der Waals surface area contributed by atoms with E-state index in [1.807, 2.05) is 6.92 Å². The van der Waals surface area contributed by atoms with Gasteiger partial charge in [0.15, 0.2) is 0 Å². The number of nitrogens with zero attached hydrogens (tertiary/aromatic N) is 1. The van der Waals surface area contributed by atoms with Crippen molar-refractivity contribution in [3.05, 3.63) is 11.8 Å². The SMILES string of the molecule is CCOC1CC(Cc2cc(N)on2)C1. The van der Waals surface area contributed by atoms with E-state index in [9.17, 15) is 0 Å². The first-order valence-electron chi connectivity index (χ1n) is 5.10. The van der Waals surface area contributed by atoms with Crippen molar-refractivity contribution in [1.29, 1.82) is 0 Å². The summed E-state index contributed by atoms with van der Waals surface area (Å²) in [6.07, 6.45) is 3.71.